The number of hydrogen-bond acceptors (Lipinski definition) is 3. The normalized spacial score (nSPS) is 12.1. The molecule has 0 aromatic heterocycles. The van der Waals surface area contributed by atoms with Crippen molar-refractivity contribution in [2.75, 3.05) is 7.11 Å². The molecule has 0 aliphatic rings. The number of benzene rings is 1. The summed E-state index contributed by atoms with van der Waals surface area (Å²) in [6, 6.07) is 10.1. The number of carbonyl (C=O) groups excluding carboxylic acids is 1. The molecule has 0 aliphatic carbocycles. The Hall–Kier alpha value is -0.831. The zero-order chi connectivity index (χ0) is 11.1. The summed E-state index contributed by atoms with van der Waals surface area (Å²) < 4.78 is 5.71. The van der Waals surface area contributed by atoms with Crippen LogP contribution in [0.15, 0.2) is 30.3 Å². The van der Waals surface area contributed by atoms with E-state index >= 15 is 0 Å². The van der Waals surface area contributed by atoms with Crippen molar-refractivity contribution in [1.82, 2.24) is 0 Å². The van der Waals surface area contributed by atoms with Crippen molar-refractivity contribution in [1.29, 1.82) is 0 Å². The first kappa shape index (κ1) is 12.2. The standard InChI is InChI=1S/C11H14O3Se/c1-14-11(13)10(12)7-8-15-9-5-3-2-4-6-9/h2-6,10,12H,7-8H2,1H3/t10-/m1/s1. The molecule has 15 heavy (non-hydrogen) atoms. The van der Waals surface area contributed by atoms with E-state index in [9.17, 15) is 9.90 Å². The number of rotatable bonds is 5. The molecule has 1 aromatic rings. The molecule has 4 heteroatoms. The van der Waals surface area contributed by atoms with Gasteiger partial charge in [-0.25, -0.2) is 0 Å². The van der Waals surface area contributed by atoms with Crippen molar-refractivity contribution in [3.05, 3.63) is 30.3 Å². The van der Waals surface area contributed by atoms with Crippen LogP contribution in [-0.4, -0.2) is 39.2 Å². The van der Waals surface area contributed by atoms with Crippen molar-refractivity contribution < 1.29 is 14.6 Å². The van der Waals surface area contributed by atoms with E-state index in [0.717, 1.165) is 5.32 Å². The minimum atomic E-state index is -0.972. The summed E-state index contributed by atoms with van der Waals surface area (Å²) >= 11 is 0.316. The van der Waals surface area contributed by atoms with E-state index in [2.05, 4.69) is 16.9 Å². The van der Waals surface area contributed by atoms with E-state index in [4.69, 9.17) is 0 Å². The van der Waals surface area contributed by atoms with Gasteiger partial charge in [-0.05, 0) is 0 Å². The van der Waals surface area contributed by atoms with Gasteiger partial charge < -0.3 is 0 Å². The first-order valence-electron chi connectivity index (χ1n) is 4.68. The number of methoxy groups -OCH3 is 1. The predicted molar refractivity (Wildman–Crippen MR) is 59.3 cm³/mol. The van der Waals surface area contributed by atoms with E-state index in [0.29, 0.717) is 21.4 Å². The van der Waals surface area contributed by atoms with Crippen LogP contribution in [0.1, 0.15) is 6.42 Å². The monoisotopic (exact) mass is 274 g/mol. The summed E-state index contributed by atoms with van der Waals surface area (Å²) in [7, 11) is 1.29. The fourth-order valence-electron chi connectivity index (χ4n) is 1.06. The fourth-order valence-corrected chi connectivity index (χ4v) is 3.00. The predicted octanol–water partition coefficient (Wildman–Crippen LogP) is 0.358. The van der Waals surface area contributed by atoms with Crippen LogP contribution in [0.3, 0.4) is 0 Å². The Balaban J connectivity index is 2.25. The van der Waals surface area contributed by atoms with Crippen molar-refractivity contribution in [2.45, 2.75) is 17.8 Å². The average Bonchev–Trinajstić information content (AvgIpc) is 2.29. The topological polar surface area (TPSA) is 46.5 Å². The molecule has 0 saturated heterocycles. The van der Waals surface area contributed by atoms with E-state index in [1.165, 1.54) is 11.6 Å². The molecule has 1 rings (SSSR count). The molecule has 0 aliphatic heterocycles. The average molecular weight is 273 g/mol. The van der Waals surface area contributed by atoms with Crippen LogP contribution in [0.2, 0.25) is 5.32 Å². The van der Waals surface area contributed by atoms with Crippen LogP contribution in [0.4, 0.5) is 0 Å². The van der Waals surface area contributed by atoms with Crippen LogP contribution in [-0.2, 0) is 9.53 Å². The summed E-state index contributed by atoms with van der Waals surface area (Å²) in [6.07, 6.45) is -0.498. The molecule has 0 radical (unpaired) electrons. The molecule has 0 saturated carbocycles. The summed E-state index contributed by atoms with van der Waals surface area (Å²) in [5.41, 5.74) is 0. The van der Waals surface area contributed by atoms with Crippen LogP contribution < -0.4 is 4.46 Å². The second kappa shape index (κ2) is 6.62. The molecule has 0 amide bonds. The second-order valence-corrected chi connectivity index (χ2v) is 5.44. The molecule has 1 atom stereocenters. The van der Waals surface area contributed by atoms with Gasteiger partial charge in [0.1, 0.15) is 0 Å². The number of aliphatic hydroxyl groups is 1. The number of hydrogen-bond donors (Lipinski definition) is 1. The van der Waals surface area contributed by atoms with E-state index in [1.54, 1.807) is 0 Å². The van der Waals surface area contributed by atoms with Gasteiger partial charge in [-0.2, -0.15) is 0 Å². The van der Waals surface area contributed by atoms with E-state index in [-0.39, 0.29) is 0 Å². The number of ether oxygens (including phenoxy) is 1. The van der Waals surface area contributed by atoms with Gasteiger partial charge in [0.2, 0.25) is 0 Å². The minimum absolute atomic E-state index is 0.316. The third kappa shape index (κ3) is 4.47. The molecule has 0 spiro atoms. The van der Waals surface area contributed by atoms with Gasteiger partial charge in [0.25, 0.3) is 0 Å². The van der Waals surface area contributed by atoms with Crippen molar-refractivity contribution >= 4 is 25.4 Å². The number of aliphatic hydroxyl groups excluding tert-OH is 1. The van der Waals surface area contributed by atoms with Gasteiger partial charge in [-0.15, -0.1) is 0 Å². The summed E-state index contributed by atoms with van der Waals surface area (Å²) in [5, 5.41) is 10.2. The van der Waals surface area contributed by atoms with Gasteiger partial charge in [0.15, 0.2) is 0 Å². The summed E-state index contributed by atoms with van der Waals surface area (Å²) in [4.78, 5) is 10.9. The zero-order valence-corrected chi connectivity index (χ0v) is 10.3. The molecular formula is C11H14O3Se. The third-order valence-corrected chi connectivity index (χ3v) is 4.07. The van der Waals surface area contributed by atoms with Crippen molar-refractivity contribution in [3.63, 3.8) is 0 Å². The van der Waals surface area contributed by atoms with E-state index < -0.39 is 12.1 Å². The SMILES string of the molecule is COC(=O)[C@H](O)CC[Se]c1ccccc1. The fraction of sp³-hybridized carbons (Fsp3) is 0.364. The van der Waals surface area contributed by atoms with Crippen molar-refractivity contribution in [2.24, 2.45) is 0 Å². The van der Waals surface area contributed by atoms with Crippen LogP contribution in [0.25, 0.3) is 0 Å². The van der Waals surface area contributed by atoms with Gasteiger partial charge >= 0.3 is 95.3 Å². The maximum absolute atomic E-state index is 10.9. The van der Waals surface area contributed by atoms with E-state index in [1.807, 2.05) is 18.2 Å². The molecular weight excluding hydrogens is 259 g/mol. The first-order chi connectivity index (χ1) is 7.24. The first-order valence-corrected chi connectivity index (χ1v) is 6.74. The Morgan fingerprint density at radius 2 is 2.13 bits per heavy atom. The molecule has 0 fully saturated rings. The zero-order valence-electron chi connectivity index (χ0n) is 8.55. The summed E-state index contributed by atoms with van der Waals surface area (Å²) in [5.74, 6) is -0.543. The Morgan fingerprint density at radius 1 is 1.47 bits per heavy atom. The molecule has 0 heterocycles. The molecule has 1 aromatic carbocycles. The van der Waals surface area contributed by atoms with Crippen LogP contribution in [0.5, 0.6) is 0 Å². The Labute approximate surface area is 95.6 Å². The number of carbonyl (C=O) groups is 1. The Kier molecular flexibility index (Phi) is 5.40. The van der Waals surface area contributed by atoms with Crippen LogP contribution in [0, 0.1) is 0 Å². The maximum atomic E-state index is 10.9. The van der Waals surface area contributed by atoms with Crippen molar-refractivity contribution in [3.8, 4) is 0 Å². The third-order valence-electron chi connectivity index (χ3n) is 1.88. The molecule has 3 nitrogen and oxygen atoms in total. The second-order valence-electron chi connectivity index (χ2n) is 2.99. The Morgan fingerprint density at radius 3 is 2.73 bits per heavy atom. The van der Waals surface area contributed by atoms with Gasteiger partial charge in [-0.3, -0.25) is 0 Å². The van der Waals surface area contributed by atoms with Gasteiger partial charge in [-0.1, -0.05) is 0 Å². The molecule has 0 unspecified atom stereocenters. The summed E-state index contributed by atoms with van der Waals surface area (Å²) in [6.45, 7) is 0. The van der Waals surface area contributed by atoms with Crippen LogP contribution >= 0.6 is 0 Å². The molecule has 1 N–H and O–H groups in total. The Bertz CT molecular complexity index is 300. The quantitative estimate of drug-likeness (QED) is 0.622. The van der Waals surface area contributed by atoms with Gasteiger partial charge in [0, 0.05) is 0 Å². The van der Waals surface area contributed by atoms with Gasteiger partial charge in [0.05, 0.1) is 0 Å². The molecule has 0 bridgehead atoms. The molecule has 82 valence electrons. The number of esters is 1.